The van der Waals surface area contributed by atoms with Crippen LogP contribution in [0.3, 0.4) is 0 Å². The number of alkyl halides is 3. The standard InChI is InChI=1S/C14H20F3NO/c1-13(2,3)19-9-8-18-10-11-6-4-5-7-12(11)14(15,16)17/h4-7,18H,8-10H2,1-3H3. The second-order valence-corrected chi connectivity index (χ2v) is 5.29. The van der Waals surface area contributed by atoms with E-state index in [4.69, 9.17) is 4.74 Å². The third-order valence-corrected chi connectivity index (χ3v) is 2.45. The van der Waals surface area contributed by atoms with Crippen molar-refractivity contribution in [3.8, 4) is 0 Å². The first-order valence-electron chi connectivity index (χ1n) is 6.20. The van der Waals surface area contributed by atoms with Crippen LogP contribution < -0.4 is 5.32 Å². The minimum absolute atomic E-state index is 0.184. The fourth-order valence-electron chi connectivity index (χ4n) is 1.60. The van der Waals surface area contributed by atoms with Crippen molar-refractivity contribution in [2.75, 3.05) is 13.2 Å². The Balaban J connectivity index is 2.46. The van der Waals surface area contributed by atoms with Crippen LogP contribution in [0.5, 0.6) is 0 Å². The largest absolute Gasteiger partial charge is 0.416 e. The van der Waals surface area contributed by atoms with Crippen molar-refractivity contribution >= 4 is 0 Å². The fourth-order valence-corrected chi connectivity index (χ4v) is 1.60. The van der Waals surface area contributed by atoms with Crippen LogP contribution in [0.1, 0.15) is 31.9 Å². The zero-order chi connectivity index (χ0) is 14.5. The number of hydrogen-bond acceptors (Lipinski definition) is 2. The molecule has 2 nitrogen and oxygen atoms in total. The summed E-state index contributed by atoms with van der Waals surface area (Å²) in [6, 6.07) is 5.59. The molecule has 0 aliphatic rings. The van der Waals surface area contributed by atoms with E-state index in [1.54, 1.807) is 6.07 Å². The fraction of sp³-hybridized carbons (Fsp3) is 0.571. The van der Waals surface area contributed by atoms with E-state index in [-0.39, 0.29) is 17.7 Å². The van der Waals surface area contributed by atoms with Crippen molar-refractivity contribution in [3.05, 3.63) is 35.4 Å². The van der Waals surface area contributed by atoms with Crippen molar-refractivity contribution in [2.45, 2.75) is 39.1 Å². The van der Waals surface area contributed by atoms with Crippen LogP contribution in [0.15, 0.2) is 24.3 Å². The van der Waals surface area contributed by atoms with Gasteiger partial charge in [0.05, 0.1) is 17.8 Å². The van der Waals surface area contributed by atoms with E-state index in [1.807, 2.05) is 20.8 Å². The van der Waals surface area contributed by atoms with E-state index in [0.29, 0.717) is 13.2 Å². The Labute approximate surface area is 112 Å². The van der Waals surface area contributed by atoms with Gasteiger partial charge >= 0.3 is 6.18 Å². The molecule has 0 saturated carbocycles. The average molecular weight is 275 g/mol. The minimum Gasteiger partial charge on any atom is -0.375 e. The molecule has 0 fully saturated rings. The molecule has 108 valence electrons. The summed E-state index contributed by atoms with van der Waals surface area (Å²) < 4.78 is 43.7. The molecule has 0 aliphatic heterocycles. The number of hydrogen-bond donors (Lipinski definition) is 1. The summed E-state index contributed by atoms with van der Waals surface area (Å²) in [4.78, 5) is 0. The molecule has 0 unspecified atom stereocenters. The molecule has 0 radical (unpaired) electrons. The Hall–Kier alpha value is -1.07. The lowest BCUT2D eigenvalue weighted by Crippen LogP contribution is -2.27. The third kappa shape index (κ3) is 6.07. The molecule has 1 N–H and O–H groups in total. The van der Waals surface area contributed by atoms with Crippen molar-refractivity contribution in [2.24, 2.45) is 0 Å². The van der Waals surface area contributed by atoms with Gasteiger partial charge in [0, 0.05) is 13.1 Å². The van der Waals surface area contributed by atoms with Crippen LogP contribution in [0.2, 0.25) is 0 Å². The van der Waals surface area contributed by atoms with Crippen molar-refractivity contribution in [3.63, 3.8) is 0 Å². The predicted octanol–water partition coefficient (Wildman–Crippen LogP) is 3.61. The van der Waals surface area contributed by atoms with Gasteiger partial charge < -0.3 is 10.1 Å². The Morgan fingerprint density at radius 1 is 1.11 bits per heavy atom. The second-order valence-electron chi connectivity index (χ2n) is 5.29. The predicted molar refractivity (Wildman–Crippen MR) is 68.9 cm³/mol. The number of nitrogens with one attached hydrogen (secondary N) is 1. The zero-order valence-corrected chi connectivity index (χ0v) is 11.5. The monoisotopic (exact) mass is 275 g/mol. The van der Waals surface area contributed by atoms with Crippen molar-refractivity contribution < 1.29 is 17.9 Å². The summed E-state index contributed by atoms with van der Waals surface area (Å²) in [7, 11) is 0. The molecule has 0 saturated heterocycles. The molecule has 19 heavy (non-hydrogen) atoms. The highest BCUT2D eigenvalue weighted by Gasteiger charge is 2.32. The Morgan fingerprint density at radius 3 is 2.32 bits per heavy atom. The van der Waals surface area contributed by atoms with Crippen LogP contribution in [0.4, 0.5) is 13.2 Å². The number of benzene rings is 1. The number of ether oxygens (including phenoxy) is 1. The minimum atomic E-state index is -4.31. The van der Waals surface area contributed by atoms with Crippen LogP contribution >= 0.6 is 0 Å². The third-order valence-electron chi connectivity index (χ3n) is 2.45. The molecular weight excluding hydrogens is 255 g/mol. The first kappa shape index (κ1) is 16.0. The maximum Gasteiger partial charge on any atom is 0.416 e. The quantitative estimate of drug-likeness (QED) is 0.829. The smallest absolute Gasteiger partial charge is 0.375 e. The first-order valence-corrected chi connectivity index (χ1v) is 6.20. The molecule has 5 heteroatoms. The summed E-state index contributed by atoms with van der Waals surface area (Å²) in [5, 5.41) is 2.96. The van der Waals surface area contributed by atoms with Gasteiger partial charge in [-0.25, -0.2) is 0 Å². The topological polar surface area (TPSA) is 21.3 Å². The van der Waals surface area contributed by atoms with Crippen LogP contribution in [0, 0.1) is 0 Å². The van der Waals surface area contributed by atoms with Gasteiger partial charge in [-0.1, -0.05) is 18.2 Å². The summed E-state index contributed by atoms with van der Waals surface area (Å²) in [6.45, 7) is 6.98. The lowest BCUT2D eigenvalue weighted by atomic mass is 10.1. The first-order chi connectivity index (χ1) is 8.70. The van der Waals surface area contributed by atoms with Gasteiger partial charge in [-0.15, -0.1) is 0 Å². The van der Waals surface area contributed by atoms with E-state index in [9.17, 15) is 13.2 Å². The molecule has 0 amide bonds. The van der Waals surface area contributed by atoms with E-state index in [1.165, 1.54) is 12.1 Å². The molecule has 0 atom stereocenters. The molecule has 0 aromatic heterocycles. The van der Waals surface area contributed by atoms with Crippen LogP contribution in [-0.4, -0.2) is 18.8 Å². The highest BCUT2D eigenvalue weighted by atomic mass is 19.4. The molecule has 0 heterocycles. The van der Waals surface area contributed by atoms with Gasteiger partial charge in [0.1, 0.15) is 0 Å². The van der Waals surface area contributed by atoms with Crippen LogP contribution in [-0.2, 0) is 17.5 Å². The van der Waals surface area contributed by atoms with E-state index >= 15 is 0 Å². The Morgan fingerprint density at radius 2 is 1.74 bits per heavy atom. The van der Waals surface area contributed by atoms with Crippen molar-refractivity contribution in [1.29, 1.82) is 0 Å². The van der Waals surface area contributed by atoms with E-state index in [0.717, 1.165) is 6.07 Å². The molecule has 1 aromatic carbocycles. The summed E-state index contributed by atoms with van der Waals surface area (Å²) in [6.07, 6.45) is -4.31. The summed E-state index contributed by atoms with van der Waals surface area (Å²) in [5.41, 5.74) is -0.559. The molecule has 1 rings (SSSR count). The van der Waals surface area contributed by atoms with Gasteiger partial charge in [-0.2, -0.15) is 13.2 Å². The normalized spacial score (nSPS) is 12.7. The SMILES string of the molecule is CC(C)(C)OCCNCc1ccccc1C(F)(F)F. The van der Waals surface area contributed by atoms with Gasteiger partial charge in [0.25, 0.3) is 0 Å². The lowest BCUT2D eigenvalue weighted by molar-refractivity contribution is -0.138. The Bertz CT molecular complexity index is 396. The average Bonchev–Trinajstić information content (AvgIpc) is 2.26. The zero-order valence-electron chi connectivity index (χ0n) is 11.5. The molecule has 1 aromatic rings. The van der Waals surface area contributed by atoms with Crippen molar-refractivity contribution in [1.82, 2.24) is 5.32 Å². The van der Waals surface area contributed by atoms with Gasteiger partial charge in [-0.05, 0) is 32.4 Å². The van der Waals surface area contributed by atoms with Gasteiger partial charge in [-0.3, -0.25) is 0 Å². The molecule has 0 aliphatic carbocycles. The maximum atomic E-state index is 12.7. The van der Waals surface area contributed by atoms with E-state index in [2.05, 4.69) is 5.32 Å². The Kier molecular flexibility index (Phi) is 5.38. The summed E-state index contributed by atoms with van der Waals surface area (Å²) in [5.74, 6) is 0. The highest BCUT2D eigenvalue weighted by Crippen LogP contribution is 2.31. The maximum absolute atomic E-state index is 12.7. The van der Waals surface area contributed by atoms with Gasteiger partial charge in [0.15, 0.2) is 0 Å². The highest BCUT2D eigenvalue weighted by molar-refractivity contribution is 5.29. The lowest BCUT2D eigenvalue weighted by Gasteiger charge is -2.19. The van der Waals surface area contributed by atoms with E-state index < -0.39 is 11.7 Å². The van der Waals surface area contributed by atoms with Gasteiger partial charge in [0.2, 0.25) is 0 Å². The number of rotatable bonds is 5. The van der Waals surface area contributed by atoms with Crippen LogP contribution in [0.25, 0.3) is 0 Å². The molecule has 0 bridgehead atoms. The number of halogens is 3. The molecule has 0 spiro atoms. The summed E-state index contributed by atoms with van der Waals surface area (Å²) >= 11 is 0. The molecular formula is C14H20F3NO. The second kappa shape index (κ2) is 6.39.